The van der Waals surface area contributed by atoms with Gasteiger partial charge in [0.25, 0.3) is 0 Å². The molecule has 0 aliphatic carbocycles. The van der Waals surface area contributed by atoms with Crippen LogP contribution < -0.4 is 9.80 Å². The smallest absolute Gasteiger partial charge is 0.139 e. The zero-order valence-corrected chi connectivity index (χ0v) is 15.5. The van der Waals surface area contributed by atoms with E-state index in [4.69, 9.17) is 0 Å². The molecule has 0 amide bonds. The highest BCUT2D eigenvalue weighted by molar-refractivity contribution is 5.88. The predicted molar refractivity (Wildman–Crippen MR) is 109 cm³/mol. The third-order valence-electron chi connectivity index (χ3n) is 4.95. The summed E-state index contributed by atoms with van der Waals surface area (Å²) >= 11 is 0. The lowest BCUT2D eigenvalue weighted by Gasteiger charge is -2.26. The molecule has 0 fully saturated rings. The van der Waals surface area contributed by atoms with Gasteiger partial charge in [0.1, 0.15) is 12.4 Å². The van der Waals surface area contributed by atoms with E-state index < -0.39 is 0 Å². The van der Waals surface area contributed by atoms with E-state index in [1.807, 2.05) is 24.3 Å². The minimum atomic E-state index is 0.0286. The van der Waals surface area contributed by atoms with Crippen LogP contribution in [0.3, 0.4) is 0 Å². The minimum Gasteiger partial charge on any atom is -0.506 e. The summed E-state index contributed by atoms with van der Waals surface area (Å²) in [5, 5.41) is 10.6. The second-order valence-electron chi connectivity index (χ2n) is 7.78. The summed E-state index contributed by atoms with van der Waals surface area (Å²) in [6.07, 6.45) is 0. The zero-order valence-electron chi connectivity index (χ0n) is 15.5. The Hall–Kier alpha value is -2.94. The van der Waals surface area contributed by atoms with Gasteiger partial charge in [-0.05, 0) is 47.4 Å². The van der Waals surface area contributed by atoms with Gasteiger partial charge in [0.05, 0.1) is 17.1 Å². The summed E-state index contributed by atoms with van der Waals surface area (Å²) in [5.74, 6) is 0.308. The van der Waals surface area contributed by atoms with Crippen LogP contribution in [-0.4, -0.2) is 11.8 Å². The molecule has 3 aromatic carbocycles. The van der Waals surface area contributed by atoms with Crippen LogP contribution >= 0.6 is 0 Å². The average molecular weight is 344 g/mol. The number of rotatable bonds is 2. The third kappa shape index (κ3) is 2.80. The van der Waals surface area contributed by atoms with Crippen molar-refractivity contribution >= 4 is 22.7 Å². The van der Waals surface area contributed by atoms with E-state index >= 15 is 0 Å². The molecule has 0 unspecified atom stereocenters. The van der Waals surface area contributed by atoms with Gasteiger partial charge in [-0.2, -0.15) is 0 Å². The topological polar surface area (TPSA) is 26.7 Å². The summed E-state index contributed by atoms with van der Waals surface area (Å²) in [5.41, 5.74) is 5.50. The van der Waals surface area contributed by atoms with E-state index in [1.54, 1.807) is 0 Å². The van der Waals surface area contributed by atoms with E-state index in [0.717, 1.165) is 22.7 Å². The molecule has 0 saturated carbocycles. The van der Waals surface area contributed by atoms with Crippen molar-refractivity contribution in [2.45, 2.75) is 26.2 Å². The summed E-state index contributed by atoms with van der Waals surface area (Å²) in [4.78, 5) is 4.46. The molecule has 26 heavy (non-hydrogen) atoms. The van der Waals surface area contributed by atoms with Crippen molar-refractivity contribution in [3.8, 4) is 5.75 Å². The Balaban J connectivity index is 1.82. The van der Waals surface area contributed by atoms with Gasteiger partial charge < -0.3 is 14.9 Å². The number of aromatic hydroxyl groups is 1. The largest absolute Gasteiger partial charge is 0.506 e. The highest BCUT2D eigenvalue weighted by Gasteiger charge is 2.29. The predicted octanol–water partition coefficient (Wildman–Crippen LogP) is 5.94. The van der Waals surface area contributed by atoms with E-state index in [9.17, 15) is 5.11 Å². The molecule has 1 aliphatic heterocycles. The number of fused-ring (bicyclic) bond motifs is 1. The zero-order chi connectivity index (χ0) is 18.3. The van der Waals surface area contributed by atoms with Crippen molar-refractivity contribution in [3.63, 3.8) is 0 Å². The average Bonchev–Trinajstić information content (AvgIpc) is 3.01. The van der Waals surface area contributed by atoms with E-state index in [-0.39, 0.29) is 5.41 Å². The Morgan fingerprint density at radius 1 is 0.731 bits per heavy atom. The molecule has 132 valence electrons. The molecule has 4 rings (SSSR count). The van der Waals surface area contributed by atoms with E-state index in [2.05, 4.69) is 79.1 Å². The van der Waals surface area contributed by atoms with Crippen molar-refractivity contribution in [2.75, 3.05) is 16.5 Å². The van der Waals surface area contributed by atoms with Gasteiger partial charge in [0.15, 0.2) is 0 Å². The van der Waals surface area contributed by atoms with Crippen LogP contribution in [0.5, 0.6) is 5.75 Å². The normalized spacial score (nSPS) is 13.8. The number of phenolic OH excluding ortho intramolecular Hbond substituents is 1. The SMILES string of the molecule is CC(C)(C)c1ccc(O)c(N2CN(c3ccccc3)c3ccccc32)c1. The first-order valence-corrected chi connectivity index (χ1v) is 8.98. The number of nitrogens with zero attached hydrogens (tertiary/aromatic N) is 2. The first-order valence-electron chi connectivity index (χ1n) is 8.98. The third-order valence-corrected chi connectivity index (χ3v) is 4.95. The Morgan fingerprint density at radius 2 is 1.35 bits per heavy atom. The molecule has 0 saturated heterocycles. The lowest BCUT2D eigenvalue weighted by Crippen LogP contribution is -2.24. The Kier molecular flexibility index (Phi) is 3.87. The molecule has 3 heteroatoms. The molecular formula is C23H24N2O. The molecule has 0 aromatic heterocycles. The molecule has 0 radical (unpaired) electrons. The summed E-state index contributed by atoms with van der Waals surface area (Å²) in [6, 6.07) is 24.7. The molecule has 0 atom stereocenters. The van der Waals surface area contributed by atoms with Crippen LogP contribution in [0.25, 0.3) is 0 Å². The number of phenols is 1. The maximum absolute atomic E-state index is 10.6. The standard InChI is InChI=1S/C23H24N2O/c1-23(2,3)17-13-14-22(26)21(15-17)25-16-24(18-9-5-4-6-10-18)19-11-7-8-12-20(19)25/h4-15,26H,16H2,1-3H3. The van der Waals surface area contributed by atoms with E-state index in [0.29, 0.717) is 12.4 Å². The summed E-state index contributed by atoms with van der Waals surface area (Å²) < 4.78 is 0. The van der Waals surface area contributed by atoms with Crippen molar-refractivity contribution in [2.24, 2.45) is 0 Å². The Morgan fingerprint density at radius 3 is 2.00 bits per heavy atom. The fraction of sp³-hybridized carbons (Fsp3) is 0.217. The number of anilines is 4. The Bertz CT molecular complexity index is 928. The first-order chi connectivity index (χ1) is 12.4. The highest BCUT2D eigenvalue weighted by Crippen LogP contribution is 2.46. The maximum Gasteiger partial charge on any atom is 0.139 e. The number of hydrogen-bond donors (Lipinski definition) is 1. The molecule has 3 nitrogen and oxygen atoms in total. The fourth-order valence-corrected chi connectivity index (χ4v) is 3.46. The van der Waals surface area contributed by atoms with Crippen LogP contribution in [0, 0.1) is 0 Å². The lowest BCUT2D eigenvalue weighted by atomic mass is 9.86. The van der Waals surface area contributed by atoms with Crippen LogP contribution in [0.2, 0.25) is 0 Å². The maximum atomic E-state index is 10.6. The van der Waals surface area contributed by atoms with Gasteiger partial charge in [-0.25, -0.2) is 0 Å². The van der Waals surface area contributed by atoms with E-state index in [1.165, 1.54) is 5.56 Å². The van der Waals surface area contributed by atoms with Gasteiger partial charge in [0, 0.05) is 5.69 Å². The lowest BCUT2D eigenvalue weighted by molar-refractivity contribution is 0.474. The van der Waals surface area contributed by atoms with Gasteiger partial charge in [-0.15, -0.1) is 0 Å². The van der Waals surface area contributed by atoms with Crippen LogP contribution in [0.4, 0.5) is 22.7 Å². The summed E-state index contributed by atoms with van der Waals surface area (Å²) in [7, 11) is 0. The molecule has 1 N–H and O–H groups in total. The van der Waals surface area contributed by atoms with Crippen molar-refractivity contribution in [1.82, 2.24) is 0 Å². The monoisotopic (exact) mass is 344 g/mol. The first kappa shape index (κ1) is 16.5. The van der Waals surface area contributed by atoms with Crippen molar-refractivity contribution < 1.29 is 5.11 Å². The molecule has 1 heterocycles. The number of para-hydroxylation sites is 3. The Labute approximate surface area is 155 Å². The number of hydrogen-bond acceptors (Lipinski definition) is 3. The second kappa shape index (κ2) is 6.10. The van der Waals surface area contributed by atoms with Crippen LogP contribution in [0.1, 0.15) is 26.3 Å². The van der Waals surface area contributed by atoms with Gasteiger partial charge >= 0.3 is 0 Å². The molecule has 0 bridgehead atoms. The summed E-state index contributed by atoms with van der Waals surface area (Å²) in [6.45, 7) is 7.25. The van der Waals surface area contributed by atoms with Crippen LogP contribution in [0.15, 0.2) is 72.8 Å². The van der Waals surface area contributed by atoms with Crippen molar-refractivity contribution in [3.05, 3.63) is 78.4 Å². The quantitative estimate of drug-likeness (QED) is 0.623. The molecule has 1 aliphatic rings. The fourth-order valence-electron chi connectivity index (χ4n) is 3.46. The molecule has 0 spiro atoms. The molecule has 3 aromatic rings. The van der Waals surface area contributed by atoms with Crippen molar-refractivity contribution in [1.29, 1.82) is 0 Å². The van der Waals surface area contributed by atoms with Crippen LogP contribution in [-0.2, 0) is 5.41 Å². The minimum absolute atomic E-state index is 0.0286. The highest BCUT2D eigenvalue weighted by atomic mass is 16.3. The van der Waals surface area contributed by atoms with Gasteiger partial charge in [-0.1, -0.05) is 57.2 Å². The van der Waals surface area contributed by atoms with Gasteiger partial charge in [-0.3, -0.25) is 0 Å². The van der Waals surface area contributed by atoms with Gasteiger partial charge in [0.2, 0.25) is 0 Å². The second-order valence-corrected chi connectivity index (χ2v) is 7.78. The number of benzene rings is 3. The molecular weight excluding hydrogens is 320 g/mol.